The van der Waals surface area contributed by atoms with Crippen LogP contribution in [0, 0.1) is 0 Å². The van der Waals surface area contributed by atoms with E-state index in [4.69, 9.17) is 4.74 Å². The fourth-order valence-corrected chi connectivity index (χ4v) is 2.53. The second-order valence-electron chi connectivity index (χ2n) is 5.25. The molecular weight excluding hydrogens is 254 g/mol. The molecule has 0 spiro atoms. The lowest BCUT2D eigenvalue weighted by Gasteiger charge is -2.32. The van der Waals surface area contributed by atoms with E-state index >= 15 is 0 Å². The molecule has 2 N–H and O–H groups in total. The van der Waals surface area contributed by atoms with Crippen LogP contribution >= 0.6 is 0 Å². The molecule has 20 heavy (non-hydrogen) atoms. The number of piperidine rings is 1. The van der Waals surface area contributed by atoms with Gasteiger partial charge in [-0.1, -0.05) is 6.42 Å². The lowest BCUT2D eigenvalue weighted by Crippen LogP contribution is -2.40. The summed E-state index contributed by atoms with van der Waals surface area (Å²) in [4.78, 5) is 11.3. The third kappa shape index (κ3) is 4.05. The first-order chi connectivity index (χ1) is 9.72. The highest BCUT2D eigenvalue weighted by Crippen LogP contribution is 2.17. The maximum absolute atomic E-state index is 5.11. The van der Waals surface area contributed by atoms with E-state index in [1.54, 1.807) is 7.11 Å². The number of nitrogens with one attached hydrogen (secondary N) is 2. The van der Waals surface area contributed by atoms with E-state index in [1.807, 2.05) is 13.1 Å². The summed E-state index contributed by atoms with van der Waals surface area (Å²) >= 11 is 0. The van der Waals surface area contributed by atoms with E-state index in [2.05, 4.69) is 32.5 Å². The van der Waals surface area contributed by atoms with Crippen LogP contribution in [-0.4, -0.2) is 55.2 Å². The first-order valence-electron chi connectivity index (χ1n) is 7.21. The second kappa shape index (κ2) is 7.40. The molecule has 112 valence electrons. The van der Waals surface area contributed by atoms with Gasteiger partial charge in [-0.2, -0.15) is 0 Å². The van der Waals surface area contributed by atoms with E-state index in [-0.39, 0.29) is 0 Å². The molecule has 0 bridgehead atoms. The summed E-state index contributed by atoms with van der Waals surface area (Å²) in [6, 6.07) is 2.52. The highest BCUT2D eigenvalue weighted by atomic mass is 16.5. The molecule has 0 aliphatic carbocycles. The molecule has 6 heteroatoms. The predicted molar refractivity (Wildman–Crippen MR) is 81.1 cm³/mol. The van der Waals surface area contributed by atoms with Crippen molar-refractivity contribution < 1.29 is 4.74 Å². The lowest BCUT2D eigenvalue weighted by molar-refractivity contribution is 0.178. The molecule has 1 unspecified atom stereocenters. The topological polar surface area (TPSA) is 62.3 Å². The van der Waals surface area contributed by atoms with Crippen molar-refractivity contribution in [2.75, 3.05) is 44.9 Å². The lowest BCUT2D eigenvalue weighted by atomic mass is 10.0. The largest absolute Gasteiger partial charge is 0.377 e. The van der Waals surface area contributed by atoms with Crippen LogP contribution in [0.1, 0.15) is 25.1 Å². The van der Waals surface area contributed by atoms with Crippen LogP contribution in [0.4, 0.5) is 11.6 Å². The Morgan fingerprint density at radius 1 is 1.35 bits per heavy atom. The standard InChI is InChI=1S/C14H25N5O/c1-15-12-8-13(18-14(17-12)10-20-3)16-9-11-6-4-5-7-19(11)2/h8,11H,4-7,9-10H2,1-3H3,(H2,15,16,17,18). The Morgan fingerprint density at radius 2 is 2.15 bits per heavy atom. The summed E-state index contributed by atoms with van der Waals surface area (Å²) in [6.45, 7) is 2.53. The zero-order valence-corrected chi connectivity index (χ0v) is 12.6. The maximum Gasteiger partial charge on any atom is 0.158 e. The number of hydrogen-bond donors (Lipinski definition) is 2. The van der Waals surface area contributed by atoms with Crippen molar-refractivity contribution in [1.29, 1.82) is 0 Å². The van der Waals surface area contributed by atoms with Gasteiger partial charge in [0.05, 0.1) is 0 Å². The molecule has 0 aromatic carbocycles. The molecule has 6 nitrogen and oxygen atoms in total. The van der Waals surface area contributed by atoms with Gasteiger partial charge in [-0.05, 0) is 26.4 Å². The fraction of sp³-hybridized carbons (Fsp3) is 0.714. The van der Waals surface area contributed by atoms with Gasteiger partial charge in [0.1, 0.15) is 18.2 Å². The maximum atomic E-state index is 5.11. The van der Waals surface area contributed by atoms with Crippen molar-refractivity contribution in [3.05, 3.63) is 11.9 Å². The van der Waals surface area contributed by atoms with Gasteiger partial charge in [-0.3, -0.25) is 0 Å². The molecule has 1 fully saturated rings. The van der Waals surface area contributed by atoms with E-state index in [1.165, 1.54) is 25.8 Å². The molecular formula is C14H25N5O. The van der Waals surface area contributed by atoms with E-state index < -0.39 is 0 Å². The van der Waals surface area contributed by atoms with Crippen LogP contribution in [0.2, 0.25) is 0 Å². The number of anilines is 2. The molecule has 1 atom stereocenters. The Kier molecular flexibility index (Phi) is 5.55. The molecule has 2 rings (SSSR count). The average molecular weight is 279 g/mol. The molecule has 1 saturated heterocycles. The van der Waals surface area contributed by atoms with Gasteiger partial charge in [0.15, 0.2) is 5.82 Å². The highest BCUT2D eigenvalue weighted by Gasteiger charge is 2.18. The zero-order valence-electron chi connectivity index (χ0n) is 12.6. The van der Waals surface area contributed by atoms with Crippen molar-refractivity contribution in [1.82, 2.24) is 14.9 Å². The van der Waals surface area contributed by atoms with E-state index in [0.29, 0.717) is 18.5 Å². The quantitative estimate of drug-likeness (QED) is 0.824. The van der Waals surface area contributed by atoms with Gasteiger partial charge in [0, 0.05) is 32.8 Å². The molecule has 1 aromatic rings. The molecule has 0 amide bonds. The molecule has 0 saturated carbocycles. The number of likely N-dealkylation sites (tertiary alicyclic amines) is 1. The van der Waals surface area contributed by atoms with Gasteiger partial charge in [-0.15, -0.1) is 0 Å². The van der Waals surface area contributed by atoms with E-state index in [0.717, 1.165) is 18.2 Å². The smallest absolute Gasteiger partial charge is 0.158 e. The van der Waals surface area contributed by atoms with Crippen LogP contribution in [0.3, 0.4) is 0 Å². The number of aromatic nitrogens is 2. The van der Waals surface area contributed by atoms with Gasteiger partial charge in [0.2, 0.25) is 0 Å². The van der Waals surface area contributed by atoms with Gasteiger partial charge in [-0.25, -0.2) is 9.97 Å². The van der Waals surface area contributed by atoms with E-state index in [9.17, 15) is 0 Å². The minimum absolute atomic E-state index is 0.424. The van der Waals surface area contributed by atoms with Gasteiger partial charge in [0.25, 0.3) is 0 Å². The van der Waals surface area contributed by atoms with Crippen molar-refractivity contribution in [2.45, 2.75) is 31.9 Å². The van der Waals surface area contributed by atoms with Crippen molar-refractivity contribution in [2.24, 2.45) is 0 Å². The number of nitrogens with zero attached hydrogens (tertiary/aromatic N) is 3. The Balaban J connectivity index is 1.98. The summed E-state index contributed by atoms with van der Waals surface area (Å²) in [5.41, 5.74) is 0. The van der Waals surface area contributed by atoms with Gasteiger partial charge >= 0.3 is 0 Å². The number of hydrogen-bond acceptors (Lipinski definition) is 6. The Labute approximate surface area is 120 Å². The summed E-state index contributed by atoms with van der Waals surface area (Å²) in [7, 11) is 5.71. The fourth-order valence-electron chi connectivity index (χ4n) is 2.53. The third-order valence-corrected chi connectivity index (χ3v) is 3.74. The first kappa shape index (κ1) is 15.0. The van der Waals surface area contributed by atoms with Crippen LogP contribution in [0.5, 0.6) is 0 Å². The highest BCUT2D eigenvalue weighted by molar-refractivity contribution is 5.47. The Bertz CT molecular complexity index is 426. The number of rotatable bonds is 6. The van der Waals surface area contributed by atoms with Crippen LogP contribution < -0.4 is 10.6 Å². The van der Waals surface area contributed by atoms with Crippen LogP contribution in [0.15, 0.2) is 6.07 Å². The third-order valence-electron chi connectivity index (χ3n) is 3.74. The van der Waals surface area contributed by atoms with Gasteiger partial charge < -0.3 is 20.3 Å². The summed E-state index contributed by atoms with van der Waals surface area (Å²) in [5, 5.41) is 6.49. The first-order valence-corrected chi connectivity index (χ1v) is 7.21. The monoisotopic (exact) mass is 279 g/mol. The molecule has 1 aromatic heterocycles. The van der Waals surface area contributed by atoms with Crippen molar-refractivity contribution >= 4 is 11.6 Å². The minimum Gasteiger partial charge on any atom is -0.377 e. The van der Waals surface area contributed by atoms with Crippen molar-refractivity contribution in [3.63, 3.8) is 0 Å². The minimum atomic E-state index is 0.424. The number of ether oxygens (including phenoxy) is 1. The van der Waals surface area contributed by atoms with Crippen LogP contribution in [-0.2, 0) is 11.3 Å². The number of methoxy groups -OCH3 is 1. The average Bonchev–Trinajstić information content (AvgIpc) is 2.46. The zero-order chi connectivity index (χ0) is 14.4. The Hall–Kier alpha value is -1.40. The SMILES string of the molecule is CNc1cc(NCC2CCCCN2C)nc(COC)n1. The molecule has 2 heterocycles. The van der Waals surface area contributed by atoms with Crippen molar-refractivity contribution in [3.8, 4) is 0 Å². The molecule has 1 aliphatic heterocycles. The summed E-state index contributed by atoms with van der Waals surface area (Å²) < 4.78 is 5.11. The molecule has 0 radical (unpaired) electrons. The number of likely N-dealkylation sites (N-methyl/N-ethyl adjacent to an activating group) is 1. The molecule has 1 aliphatic rings. The van der Waals surface area contributed by atoms with Crippen LogP contribution in [0.25, 0.3) is 0 Å². The summed E-state index contributed by atoms with van der Waals surface area (Å²) in [5.74, 6) is 2.36. The summed E-state index contributed by atoms with van der Waals surface area (Å²) in [6.07, 6.45) is 3.87. The normalized spacial score (nSPS) is 19.9. The Morgan fingerprint density at radius 3 is 2.85 bits per heavy atom. The second-order valence-corrected chi connectivity index (χ2v) is 5.25. The predicted octanol–water partition coefficient (Wildman–Crippen LogP) is 1.56.